The first kappa shape index (κ1) is 15.0. The SMILES string of the molecule is O=C1C[C@@H](c2ccco2)Oc2cc3c(cc21)C(=O)C[C@H](c1ccco1)O3. The van der Waals surface area contributed by atoms with Crippen LogP contribution in [0.15, 0.2) is 57.8 Å². The summed E-state index contributed by atoms with van der Waals surface area (Å²) in [6.45, 7) is 0. The highest BCUT2D eigenvalue weighted by Crippen LogP contribution is 2.43. The Balaban J connectivity index is 1.53. The van der Waals surface area contributed by atoms with Crippen molar-refractivity contribution in [2.45, 2.75) is 25.0 Å². The van der Waals surface area contributed by atoms with E-state index in [2.05, 4.69) is 0 Å². The molecule has 26 heavy (non-hydrogen) atoms. The second-order valence-electron chi connectivity index (χ2n) is 6.34. The first-order chi connectivity index (χ1) is 12.7. The van der Waals surface area contributed by atoms with Crippen LogP contribution in [0.25, 0.3) is 0 Å². The molecule has 4 heterocycles. The molecule has 0 saturated heterocycles. The molecule has 0 amide bonds. The van der Waals surface area contributed by atoms with E-state index in [1.54, 1.807) is 48.9 Å². The second-order valence-corrected chi connectivity index (χ2v) is 6.34. The van der Waals surface area contributed by atoms with Gasteiger partial charge in [-0.25, -0.2) is 0 Å². The molecule has 2 aromatic heterocycles. The lowest BCUT2D eigenvalue weighted by Crippen LogP contribution is -2.24. The van der Waals surface area contributed by atoms with Crippen LogP contribution in [-0.4, -0.2) is 11.6 Å². The number of Topliss-reactive ketones (excluding diaryl/α,β-unsaturated/α-hetero) is 2. The van der Waals surface area contributed by atoms with Crippen LogP contribution in [0.1, 0.15) is 57.3 Å². The van der Waals surface area contributed by atoms with Gasteiger partial charge in [0.2, 0.25) is 0 Å². The van der Waals surface area contributed by atoms with E-state index >= 15 is 0 Å². The van der Waals surface area contributed by atoms with Crippen molar-refractivity contribution in [1.82, 2.24) is 0 Å². The smallest absolute Gasteiger partial charge is 0.170 e. The van der Waals surface area contributed by atoms with E-state index < -0.39 is 12.2 Å². The Morgan fingerprint density at radius 2 is 1.23 bits per heavy atom. The quantitative estimate of drug-likeness (QED) is 0.686. The second kappa shape index (κ2) is 5.62. The minimum atomic E-state index is -0.483. The molecule has 2 aliphatic heterocycles. The molecule has 6 heteroatoms. The van der Waals surface area contributed by atoms with Crippen LogP contribution < -0.4 is 9.47 Å². The highest BCUT2D eigenvalue weighted by Gasteiger charge is 2.35. The van der Waals surface area contributed by atoms with Crippen LogP contribution in [0.2, 0.25) is 0 Å². The van der Waals surface area contributed by atoms with Crippen LogP contribution in [0.3, 0.4) is 0 Å². The Bertz CT molecular complexity index is 906. The molecule has 0 bridgehead atoms. The molecule has 6 nitrogen and oxygen atoms in total. The lowest BCUT2D eigenvalue weighted by atomic mass is 9.93. The molecule has 0 fully saturated rings. The average molecular weight is 350 g/mol. The first-order valence-corrected chi connectivity index (χ1v) is 8.33. The molecular weight excluding hydrogens is 336 g/mol. The molecule has 2 aliphatic rings. The van der Waals surface area contributed by atoms with Crippen molar-refractivity contribution in [2.24, 2.45) is 0 Å². The van der Waals surface area contributed by atoms with Crippen molar-refractivity contribution < 1.29 is 27.9 Å². The number of carbonyl (C=O) groups is 2. The number of benzene rings is 1. The summed E-state index contributed by atoms with van der Waals surface area (Å²) in [6.07, 6.45) is 2.46. The molecule has 130 valence electrons. The van der Waals surface area contributed by atoms with Crippen molar-refractivity contribution in [2.75, 3.05) is 0 Å². The lowest BCUT2D eigenvalue weighted by molar-refractivity contribution is 0.0792. The van der Waals surface area contributed by atoms with Crippen LogP contribution in [-0.2, 0) is 0 Å². The third-order valence-electron chi connectivity index (χ3n) is 4.68. The maximum absolute atomic E-state index is 12.5. The minimum Gasteiger partial charge on any atom is -0.481 e. The predicted octanol–water partition coefficient (Wildman–Crippen LogP) is 4.29. The largest absolute Gasteiger partial charge is 0.481 e. The number of carbonyl (C=O) groups excluding carboxylic acids is 2. The van der Waals surface area contributed by atoms with Crippen molar-refractivity contribution in [3.05, 3.63) is 71.6 Å². The number of ether oxygens (including phenoxy) is 2. The Morgan fingerprint density at radius 1 is 0.731 bits per heavy atom. The van der Waals surface area contributed by atoms with Gasteiger partial charge in [0, 0.05) is 6.07 Å². The van der Waals surface area contributed by atoms with Gasteiger partial charge in [-0.3, -0.25) is 9.59 Å². The van der Waals surface area contributed by atoms with Crippen molar-refractivity contribution in [3.63, 3.8) is 0 Å². The van der Waals surface area contributed by atoms with Gasteiger partial charge in [0.25, 0.3) is 0 Å². The molecule has 0 N–H and O–H groups in total. The standard InChI is InChI=1S/C20H14O6/c21-13-8-19(15-3-1-5-23-15)25-17-10-18-12(7-11(13)17)14(22)9-20(26-18)16-4-2-6-24-16/h1-7,10,19-20H,8-9H2/t19-,20+. The van der Waals surface area contributed by atoms with E-state index in [-0.39, 0.29) is 24.4 Å². The zero-order valence-corrected chi connectivity index (χ0v) is 13.6. The monoisotopic (exact) mass is 350 g/mol. The molecule has 0 saturated carbocycles. The Hall–Kier alpha value is -3.28. The molecule has 0 spiro atoms. The highest BCUT2D eigenvalue weighted by molar-refractivity contribution is 6.06. The van der Waals surface area contributed by atoms with E-state index in [0.717, 1.165) is 0 Å². The van der Waals surface area contributed by atoms with Gasteiger partial charge in [-0.1, -0.05) is 0 Å². The molecule has 0 aliphatic carbocycles. The molecule has 0 unspecified atom stereocenters. The number of ketones is 2. The van der Waals surface area contributed by atoms with E-state index in [1.807, 2.05) is 0 Å². The van der Waals surface area contributed by atoms with Crippen molar-refractivity contribution in [3.8, 4) is 11.5 Å². The summed E-state index contributed by atoms with van der Waals surface area (Å²) in [5.41, 5.74) is 0.805. The maximum atomic E-state index is 12.5. The number of fused-ring (bicyclic) bond motifs is 2. The Labute approximate surface area is 148 Å². The Morgan fingerprint density at radius 3 is 1.65 bits per heavy atom. The van der Waals surface area contributed by atoms with Crippen LogP contribution in [0.4, 0.5) is 0 Å². The zero-order valence-electron chi connectivity index (χ0n) is 13.6. The number of hydrogen-bond donors (Lipinski definition) is 0. The molecule has 2 atom stereocenters. The van der Waals surface area contributed by atoms with Gasteiger partial charge in [-0.2, -0.15) is 0 Å². The molecule has 5 rings (SSSR count). The molecule has 0 radical (unpaired) electrons. The summed E-state index contributed by atoms with van der Waals surface area (Å²) in [5, 5.41) is 0. The van der Waals surface area contributed by atoms with Gasteiger partial charge < -0.3 is 18.3 Å². The third-order valence-corrected chi connectivity index (χ3v) is 4.68. The fraction of sp³-hybridized carbons (Fsp3) is 0.200. The van der Waals surface area contributed by atoms with Gasteiger partial charge in [0.1, 0.15) is 23.0 Å². The normalized spacial score (nSPS) is 21.5. The average Bonchev–Trinajstić information content (AvgIpc) is 3.34. The van der Waals surface area contributed by atoms with Gasteiger partial charge >= 0.3 is 0 Å². The lowest BCUT2D eigenvalue weighted by Gasteiger charge is -2.28. The summed E-state index contributed by atoms with van der Waals surface area (Å²) in [7, 11) is 0. The van der Waals surface area contributed by atoms with Crippen molar-refractivity contribution >= 4 is 11.6 Å². The van der Waals surface area contributed by atoms with Gasteiger partial charge in [-0.15, -0.1) is 0 Å². The number of furan rings is 2. The fourth-order valence-electron chi connectivity index (χ4n) is 3.40. The third kappa shape index (κ3) is 2.34. The predicted molar refractivity (Wildman–Crippen MR) is 88.5 cm³/mol. The summed E-state index contributed by atoms with van der Waals surface area (Å²) < 4.78 is 22.6. The fourth-order valence-corrected chi connectivity index (χ4v) is 3.40. The topological polar surface area (TPSA) is 78.9 Å². The number of rotatable bonds is 2. The maximum Gasteiger partial charge on any atom is 0.170 e. The molecule has 1 aromatic carbocycles. The van der Waals surface area contributed by atoms with Crippen LogP contribution in [0.5, 0.6) is 11.5 Å². The Kier molecular flexibility index (Phi) is 3.25. The summed E-state index contributed by atoms with van der Waals surface area (Å²) in [6, 6.07) is 10.2. The molecule has 3 aromatic rings. The van der Waals surface area contributed by atoms with E-state index in [1.165, 1.54) is 0 Å². The van der Waals surface area contributed by atoms with Crippen molar-refractivity contribution in [1.29, 1.82) is 0 Å². The minimum absolute atomic E-state index is 0.0867. The van der Waals surface area contributed by atoms with Gasteiger partial charge in [-0.05, 0) is 30.3 Å². The highest BCUT2D eigenvalue weighted by atomic mass is 16.5. The first-order valence-electron chi connectivity index (χ1n) is 8.33. The van der Waals surface area contributed by atoms with Crippen LogP contribution >= 0.6 is 0 Å². The van der Waals surface area contributed by atoms with Gasteiger partial charge in [0.15, 0.2) is 23.8 Å². The molecular formula is C20H14O6. The van der Waals surface area contributed by atoms with E-state index in [4.69, 9.17) is 18.3 Å². The van der Waals surface area contributed by atoms with Gasteiger partial charge in [0.05, 0.1) is 36.5 Å². The summed E-state index contributed by atoms with van der Waals surface area (Å²) in [4.78, 5) is 25.1. The van der Waals surface area contributed by atoms with E-state index in [9.17, 15) is 9.59 Å². The van der Waals surface area contributed by atoms with E-state index in [0.29, 0.717) is 34.1 Å². The number of hydrogen-bond acceptors (Lipinski definition) is 6. The summed E-state index contributed by atoms with van der Waals surface area (Å²) in [5.74, 6) is 1.80. The summed E-state index contributed by atoms with van der Waals surface area (Å²) >= 11 is 0. The van der Waals surface area contributed by atoms with Crippen LogP contribution in [0, 0.1) is 0 Å². The zero-order chi connectivity index (χ0) is 17.7.